The van der Waals surface area contributed by atoms with E-state index in [1.807, 2.05) is 60.3 Å². The van der Waals surface area contributed by atoms with Gasteiger partial charge in [-0.05, 0) is 29.8 Å². The molecule has 2 aromatic carbocycles. The number of anilines is 1. The zero-order valence-corrected chi connectivity index (χ0v) is 19.5. The lowest BCUT2D eigenvalue weighted by atomic mass is 10.1. The first kappa shape index (κ1) is 21.8. The number of hydrogen-bond acceptors (Lipinski definition) is 7. The van der Waals surface area contributed by atoms with Crippen LogP contribution in [0.3, 0.4) is 0 Å². The molecule has 1 N–H and O–H groups in total. The summed E-state index contributed by atoms with van der Waals surface area (Å²) in [4.78, 5) is 16.2. The number of fused-ring (bicyclic) bond motifs is 1. The van der Waals surface area contributed by atoms with Crippen molar-refractivity contribution >= 4 is 38.6 Å². The summed E-state index contributed by atoms with van der Waals surface area (Å²) in [6, 6.07) is 20.1. The van der Waals surface area contributed by atoms with Crippen LogP contribution in [0.15, 0.2) is 78.0 Å². The molecule has 4 aromatic rings. The second-order valence-electron chi connectivity index (χ2n) is 7.70. The molecule has 0 spiro atoms. The fourth-order valence-electron chi connectivity index (χ4n) is 3.77. The summed E-state index contributed by atoms with van der Waals surface area (Å²) >= 11 is 1.94. The molecule has 0 saturated carbocycles. The highest BCUT2D eigenvalue weighted by molar-refractivity contribution is 7.99. The van der Waals surface area contributed by atoms with Crippen LogP contribution in [-0.4, -0.2) is 48.0 Å². The van der Waals surface area contributed by atoms with Gasteiger partial charge in [-0.15, -0.1) is 0 Å². The first-order chi connectivity index (χ1) is 16.1. The Morgan fingerprint density at radius 2 is 1.76 bits per heavy atom. The number of aromatic nitrogens is 3. The molecule has 3 heterocycles. The van der Waals surface area contributed by atoms with Gasteiger partial charge < -0.3 is 4.90 Å². The maximum absolute atomic E-state index is 12.9. The molecule has 0 radical (unpaired) electrons. The Bertz CT molecular complexity index is 1370. The van der Waals surface area contributed by atoms with Crippen molar-refractivity contribution in [3.05, 3.63) is 78.6 Å². The van der Waals surface area contributed by atoms with Gasteiger partial charge in [0.25, 0.3) is 0 Å². The van der Waals surface area contributed by atoms with Gasteiger partial charge in [0, 0.05) is 36.7 Å². The molecule has 33 heavy (non-hydrogen) atoms. The van der Waals surface area contributed by atoms with Crippen molar-refractivity contribution in [1.82, 2.24) is 19.7 Å². The van der Waals surface area contributed by atoms with Crippen LogP contribution in [0.5, 0.6) is 0 Å². The topological polar surface area (TPSA) is 88.1 Å². The SMILES string of the molecule is O=S(=O)(NCc1ccccc1)c1cccc(-c2ccc3ncnc(N4CCSCC4)c3n2)c1. The van der Waals surface area contributed by atoms with E-state index in [9.17, 15) is 8.42 Å². The lowest BCUT2D eigenvalue weighted by Crippen LogP contribution is -2.33. The normalized spacial score (nSPS) is 14.5. The van der Waals surface area contributed by atoms with E-state index in [0.29, 0.717) is 5.69 Å². The number of benzene rings is 2. The Morgan fingerprint density at radius 3 is 2.58 bits per heavy atom. The Balaban J connectivity index is 1.46. The highest BCUT2D eigenvalue weighted by Gasteiger charge is 2.18. The van der Waals surface area contributed by atoms with Crippen LogP contribution in [0.4, 0.5) is 5.82 Å². The molecular formula is C24H23N5O2S2. The van der Waals surface area contributed by atoms with E-state index in [1.54, 1.807) is 24.5 Å². The summed E-state index contributed by atoms with van der Waals surface area (Å²) in [5.74, 6) is 2.94. The van der Waals surface area contributed by atoms with Crippen molar-refractivity contribution < 1.29 is 8.42 Å². The van der Waals surface area contributed by atoms with Gasteiger partial charge in [0.15, 0.2) is 5.82 Å². The molecule has 0 aliphatic carbocycles. The van der Waals surface area contributed by atoms with Crippen molar-refractivity contribution in [2.45, 2.75) is 11.4 Å². The Morgan fingerprint density at radius 1 is 0.939 bits per heavy atom. The van der Waals surface area contributed by atoms with Gasteiger partial charge >= 0.3 is 0 Å². The van der Waals surface area contributed by atoms with Crippen LogP contribution in [0.25, 0.3) is 22.3 Å². The zero-order valence-electron chi connectivity index (χ0n) is 17.9. The van der Waals surface area contributed by atoms with Crippen LogP contribution in [-0.2, 0) is 16.6 Å². The van der Waals surface area contributed by atoms with E-state index in [0.717, 1.165) is 52.6 Å². The van der Waals surface area contributed by atoms with Crippen molar-refractivity contribution in [3.8, 4) is 11.3 Å². The summed E-state index contributed by atoms with van der Waals surface area (Å²) in [7, 11) is -3.67. The number of nitrogens with zero attached hydrogens (tertiary/aromatic N) is 4. The molecular weight excluding hydrogens is 454 g/mol. The maximum Gasteiger partial charge on any atom is 0.240 e. The molecule has 0 amide bonds. The third-order valence-corrected chi connectivity index (χ3v) is 7.86. The minimum absolute atomic E-state index is 0.204. The lowest BCUT2D eigenvalue weighted by molar-refractivity contribution is 0.581. The van der Waals surface area contributed by atoms with Crippen LogP contribution < -0.4 is 9.62 Å². The first-order valence-electron chi connectivity index (χ1n) is 10.7. The molecule has 9 heteroatoms. The molecule has 2 aromatic heterocycles. The first-order valence-corrected chi connectivity index (χ1v) is 13.3. The quantitative estimate of drug-likeness (QED) is 0.453. The minimum atomic E-state index is -3.67. The minimum Gasteiger partial charge on any atom is -0.353 e. The van der Waals surface area contributed by atoms with Crippen LogP contribution in [0, 0.1) is 0 Å². The van der Waals surface area contributed by atoms with E-state index in [4.69, 9.17) is 4.98 Å². The van der Waals surface area contributed by atoms with Crippen molar-refractivity contribution in [2.24, 2.45) is 0 Å². The average molecular weight is 478 g/mol. The van der Waals surface area contributed by atoms with E-state index < -0.39 is 10.0 Å². The van der Waals surface area contributed by atoms with Crippen LogP contribution in [0.2, 0.25) is 0 Å². The molecule has 1 aliphatic heterocycles. The van der Waals surface area contributed by atoms with Gasteiger partial charge in [-0.25, -0.2) is 28.1 Å². The maximum atomic E-state index is 12.9. The number of thioether (sulfide) groups is 1. The van der Waals surface area contributed by atoms with Gasteiger partial charge in [-0.3, -0.25) is 0 Å². The third-order valence-electron chi connectivity index (χ3n) is 5.52. The number of nitrogens with one attached hydrogen (secondary N) is 1. The highest BCUT2D eigenvalue weighted by Crippen LogP contribution is 2.28. The molecule has 7 nitrogen and oxygen atoms in total. The molecule has 0 unspecified atom stereocenters. The average Bonchev–Trinajstić information content (AvgIpc) is 2.88. The van der Waals surface area contributed by atoms with E-state index >= 15 is 0 Å². The smallest absolute Gasteiger partial charge is 0.240 e. The van der Waals surface area contributed by atoms with Gasteiger partial charge in [-0.1, -0.05) is 42.5 Å². The number of hydrogen-bond donors (Lipinski definition) is 1. The van der Waals surface area contributed by atoms with Crippen LogP contribution >= 0.6 is 11.8 Å². The second-order valence-corrected chi connectivity index (χ2v) is 10.7. The highest BCUT2D eigenvalue weighted by atomic mass is 32.2. The van der Waals surface area contributed by atoms with Gasteiger partial charge in [0.1, 0.15) is 11.8 Å². The summed E-state index contributed by atoms with van der Waals surface area (Å²) in [5, 5.41) is 0. The second kappa shape index (κ2) is 9.46. The number of rotatable bonds is 6. The molecule has 5 rings (SSSR count). The fourth-order valence-corrected chi connectivity index (χ4v) is 5.74. The Kier molecular flexibility index (Phi) is 6.26. The van der Waals surface area contributed by atoms with E-state index in [-0.39, 0.29) is 11.4 Å². The van der Waals surface area contributed by atoms with Gasteiger partial charge in [-0.2, -0.15) is 11.8 Å². The Labute approximate surface area is 197 Å². The van der Waals surface area contributed by atoms with Crippen molar-refractivity contribution in [3.63, 3.8) is 0 Å². The van der Waals surface area contributed by atoms with Crippen molar-refractivity contribution in [2.75, 3.05) is 29.5 Å². The molecule has 1 saturated heterocycles. The Hall–Kier alpha value is -3.01. The lowest BCUT2D eigenvalue weighted by Gasteiger charge is -2.27. The van der Waals surface area contributed by atoms with Gasteiger partial charge in [0.05, 0.1) is 16.1 Å². The predicted octanol–water partition coefficient (Wildman–Crippen LogP) is 3.72. The summed E-state index contributed by atoms with van der Waals surface area (Å²) < 4.78 is 28.5. The largest absolute Gasteiger partial charge is 0.353 e. The number of sulfonamides is 1. The monoisotopic (exact) mass is 477 g/mol. The molecule has 0 atom stereocenters. The zero-order chi connectivity index (χ0) is 22.7. The molecule has 0 bridgehead atoms. The van der Waals surface area contributed by atoms with Crippen molar-refractivity contribution in [1.29, 1.82) is 0 Å². The van der Waals surface area contributed by atoms with E-state index in [1.165, 1.54) is 0 Å². The third kappa shape index (κ3) is 4.85. The number of pyridine rings is 1. The fraction of sp³-hybridized carbons (Fsp3) is 0.208. The standard InChI is InChI=1S/C24H23N5O2S2/c30-33(31,27-16-18-5-2-1-3-6-18)20-8-4-7-19(15-20)21-9-10-22-23(28-21)24(26-17-25-22)29-11-13-32-14-12-29/h1-10,15,17,27H,11-14,16H2. The predicted molar refractivity (Wildman–Crippen MR) is 133 cm³/mol. The summed E-state index contributed by atoms with van der Waals surface area (Å²) in [6.45, 7) is 2.07. The van der Waals surface area contributed by atoms with Gasteiger partial charge in [0.2, 0.25) is 10.0 Å². The summed E-state index contributed by atoms with van der Waals surface area (Å²) in [5.41, 5.74) is 3.82. The van der Waals surface area contributed by atoms with E-state index in [2.05, 4.69) is 19.6 Å². The molecule has 1 aliphatic rings. The molecule has 168 valence electrons. The van der Waals surface area contributed by atoms with Crippen LogP contribution in [0.1, 0.15) is 5.56 Å². The molecule has 1 fully saturated rings. The summed E-state index contributed by atoms with van der Waals surface area (Å²) in [6.07, 6.45) is 1.58.